The molecule has 1 rings (SSSR count). The molecule has 0 aromatic rings. The summed E-state index contributed by atoms with van der Waals surface area (Å²) in [6.45, 7) is 6.15. The van der Waals surface area contributed by atoms with E-state index in [0.717, 1.165) is 13.1 Å². The number of carbonyl (C=O) groups is 1. The topological polar surface area (TPSA) is 29.5 Å². The number of nitrogens with zero attached hydrogens (tertiary/aromatic N) is 1. The van der Waals surface area contributed by atoms with E-state index in [2.05, 4.69) is 12.3 Å². The van der Waals surface area contributed by atoms with Gasteiger partial charge in [0, 0.05) is 20.0 Å². The molecule has 0 bridgehead atoms. The lowest BCUT2D eigenvalue weighted by molar-refractivity contribution is -0.132. The van der Waals surface area contributed by atoms with Crippen molar-refractivity contribution < 1.29 is 9.53 Å². The van der Waals surface area contributed by atoms with Crippen LogP contribution in [0.15, 0.2) is 0 Å². The molecule has 1 amide bonds. The molecule has 0 aromatic heterocycles. The first-order valence-electron chi connectivity index (χ1n) is 3.93. The van der Waals surface area contributed by atoms with E-state index in [0.29, 0.717) is 13.2 Å². The Kier molecular flexibility index (Phi) is 6.12. The molecule has 3 nitrogen and oxygen atoms in total. The highest BCUT2D eigenvalue weighted by molar-refractivity contribution is 5.73. The normalized spacial score (nSPS) is 15.6. The molecule has 0 saturated carbocycles. The molecule has 1 fully saturated rings. The van der Waals surface area contributed by atoms with E-state index in [1.165, 1.54) is 0 Å². The molecule has 0 atom stereocenters. The summed E-state index contributed by atoms with van der Waals surface area (Å²) in [7, 11) is 0. The minimum atomic E-state index is 0.151. The Labute approximate surface area is 73.7 Å². The number of hydrogen-bond donors (Lipinski definition) is 0. The van der Waals surface area contributed by atoms with Crippen LogP contribution in [0.5, 0.6) is 0 Å². The van der Waals surface area contributed by atoms with Crippen molar-refractivity contribution >= 4 is 5.91 Å². The summed E-state index contributed by atoms with van der Waals surface area (Å²) in [4.78, 5) is 12.5. The van der Waals surface area contributed by atoms with Crippen LogP contribution in [-0.2, 0) is 9.53 Å². The van der Waals surface area contributed by atoms with E-state index in [4.69, 9.17) is 4.74 Å². The highest BCUT2D eigenvalue weighted by atomic mass is 16.5. The molecule has 1 aliphatic heterocycles. The largest absolute Gasteiger partial charge is 0.378 e. The van der Waals surface area contributed by atoms with Crippen LogP contribution in [0.4, 0.5) is 0 Å². The molecule has 0 aromatic carbocycles. The second kappa shape index (κ2) is 6.68. The van der Waals surface area contributed by atoms with Gasteiger partial charge in [-0.05, 0) is 6.92 Å². The Morgan fingerprint density at radius 1 is 1.50 bits per heavy atom. The van der Waals surface area contributed by atoms with Crippen molar-refractivity contribution in [2.75, 3.05) is 26.3 Å². The van der Waals surface area contributed by atoms with Crippen LogP contribution < -0.4 is 0 Å². The Balaban J connectivity index is 0.000000354. The van der Waals surface area contributed by atoms with Gasteiger partial charge in [0.2, 0.25) is 5.91 Å². The monoisotopic (exact) mass is 169 g/mol. The number of terminal acetylenes is 1. The van der Waals surface area contributed by atoms with E-state index >= 15 is 0 Å². The quantitative estimate of drug-likeness (QED) is 0.494. The second-order valence-corrected chi connectivity index (χ2v) is 2.41. The maximum Gasteiger partial charge on any atom is 0.219 e. The predicted molar refractivity (Wildman–Crippen MR) is 47.6 cm³/mol. The summed E-state index contributed by atoms with van der Waals surface area (Å²) < 4.78 is 5.06. The summed E-state index contributed by atoms with van der Waals surface area (Å²) in [6, 6.07) is 0. The molecule has 0 N–H and O–H groups in total. The highest BCUT2D eigenvalue weighted by Crippen LogP contribution is 1.95. The van der Waals surface area contributed by atoms with E-state index in [1.54, 1.807) is 18.7 Å². The van der Waals surface area contributed by atoms with Crippen molar-refractivity contribution in [3.8, 4) is 12.3 Å². The van der Waals surface area contributed by atoms with Crippen LogP contribution in [-0.4, -0.2) is 37.1 Å². The maximum atomic E-state index is 10.7. The molecule has 0 spiro atoms. The SMILES string of the molecule is C#CC.CC(=O)N1CCOCC1. The molecular weight excluding hydrogens is 154 g/mol. The minimum absolute atomic E-state index is 0.151. The zero-order valence-corrected chi connectivity index (χ0v) is 7.67. The van der Waals surface area contributed by atoms with Crippen LogP contribution in [0.1, 0.15) is 13.8 Å². The van der Waals surface area contributed by atoms with Gasteiger partial charge in [-0.2, -0.15) is 0 Å². The first-order chi connectivity index (χ1) is 5.72. The van der Waals surface area contributed by atoms with Gasteiger partial charge in [-0.1, -0.05) is 0 Å². The fourth-order valence-corrected chi connectivity index (χ4v) is 0.878. The lowest BCUT2D eigenvalue weighted by atomic mass is 10.4. The van der Waals surface area contributed by atoms with E-state index < -0.39 is 0 Å². The van der Waals surface area contributed by atoms with E-state index in [-0.39, 0.29) is 5.91 Å². The molecule has 3 heteroatoms. The molecule has 68 valence electrons. The number of carbonyl (C=O) groups excluding carboxylic acids is 1. The highest BCUT2D eigenvalue weighted by Gasteiger charge is 2.11. The third-order valence-corrected chi connectivity index (χ3v) is 1.46. The zero-order chi connectivity index (χ0) is 9.40. The lowest BCUT2D eigenvalue weighted by Crippen LogP contribution is -2.39. The van der Waals surface area contributed by atoms with Crippen molar-refractivity contribution in [2.24, 2.45) is 0 Å². The number of amides is 1. The molecule has 1 aliphatic rings. The number of morpholine rings is 1. The van der Waals surface area contributed by atoms with E-state index in [9.17, 15) is 4.79 Å². The smallest absolute Gasteiger partial charge is 0.219 e. The Morgan fingerprint density at radius 2 is 1.92 bits per heavy atom. The third-order valence-electron chi connectivity index (χ3n) is 1.46. The summed E-state index contributed by atoms with van der Waals surface area (Å²) in [5.74, 6) is 2.40. The maximum absolute atomic E-state index is 10.7. The van der Waals surface area contributed by atoms with Crippen molar-refractivity contribution in [3.63, 3.8) is 0 Å². The van der Waals surface area contributed by atoms with Crippen LogP contribution in [0.2, 0.25) is 0 Å². The average molecular weight is 169 g/mol. The van der Waals surface area contributed by atoms with Crippen molar-refractivity contribution in [2.45, 2.75) is 13.8 Å². The van der Waals surface area contributed by atoms with Crippen molar-refractivity contribution in [1.29, 1.82) is 0 Å². The van der Waals surface area contributed by atoms with Crippen LogP contribution in [0.25, 0.3) is 0 Å². The Hall–Kier alpha value is -1.01. The Bertz CT molecular complexity index is 166. The van der Waals surface area contributed by atoms with Gasteiger partial charge >= 0.3 is 0 Å². The van der Waals surface area contributed by atoms with E-state index in [1.807, 2.05) is 0 Å². The molecule has 0 unspecified atom stereocenters. The minimum Gasteiger partial charge on any atom is -0.378 e. The van der Waals surface area contributed by atoms with Crippen molar-refractivity contribution in [1.82, 2.24) is 4.90 Å². The first-order valence-corrected chi connectivity index (χ1v) is 3.93. The third kappa shape index (κ3) is 4.75. The fraction of sp³-hybridized carbons (Fsp3) is 0.667. The first kappa shape index (κ1) is 11.0. The summed E-state index contributed by atoms with van der Waals surface area (Å²) in [5.41, 5.74) is 0. The number of hydrogen-bond acceptors (Lipinski definition) is 2. The molecule has 0 aliphatic carbocycles. The summed E-state index contributed by atoms with van der Waals surface area (Å²) >= 11 is 0. The van der Waals surface area contributed by atoms with Gasteiger partial charge in [-0.15, -0.1) is 12.3 Å². The molecule has 12 heavy (non-hydrogen) atoms. The predicted octanol–water partition coefficient (Wildman–Crippen LogP) is 0.505. The lowest BCUT2D eigenvalue weighted by Gasteiger charge is -2.25. The molecule has 1 heterocycles. The van der Waals surface area contributed by atoms with Crippen LogP contribution in [0, 0.1) is 12.3 Å². The van der Waals surface area contributed by atoms with Gasteiger partial charge in [-0.25, -0.2) is 0 Å². The summed E-state index contributed by atoms with van der Waals surface area (Å²) in [5, 5.41) is 0. The van der Waals surface area contributed by atoms with Gasteiger partial charge in [0.05, 0.1) is 13.2 Å². The Morgan fingerprint density at radius 3 is 2.17 bits per heavy atom. The van der Waals surface area contributed by atoms with Crippen LogP contribution in [0.3, 0.4) is 0 Å². The van der Waals surface area contributed by atoms with Gasteiger partial charge in [-0.3, -0.25) is 4.79 Å². The van der Waals surface area contributed by atoms with Crippen LogP contribution >= 0.6 is 0 Å². The van der Waals surface area contributed by atoms with Crippen molar-refractivity contribution in [3.05, 3.63) is 0 Å². The summed E-state index contributed by atoms with van der Waals surface area (Å²) in [6.07, 6.45) is 4.60. The number of rotatable bonds is 0. The molecule has 0 radical (unpaired) electrons. The average Bonchev–Trinajstić information content (AvgIpc) is 2.07. The van der Waals surface area contributed by atoms with Gasteiger partial charge < -0.3 is 9.64 Å². The van der Waals surface area contributed by atoms with Gasteiger partial charge in [0.15, 0.2) is 0 Å². The van der Waals surface area contributed by atoms with Gasteiger partial charge in [0.25, 0.3) is 0 Å². The number of ether oxygens (including phenoxy) is 1. The molecule has 1 saturated heterocycles. The second-order valence-electron chi connectivity index (χ2n) is 2.41. The molecular formula is C9H15NO2. The standard InChI is InChI=1S/C6H11NO2.C3H4/c1-6(8)7-2-4-9-5-3-7;1-3-2/h2-5H2,1H3;1H,2H3. The zero-order valence-electron chi connectivity index (χ0n) is 7.67. The van der Waals surface area contributed by atoms with Gasteiger partial charge in [0.1, 0.15) is 0 Å². The fourth-order valence-electron chi connectivity index (χ4n) is 0.878.